The van der Waals surface area contributed by atoms with Crippen LogP contribution in [0.3, 0.4) is 0 Å². The summed E-state index contributed by atoms with van der Waals surface area (Å²) in [4.78, 5) is 15.9. The first-order valence-corrected chi connectivity index (χ1v) is 7.48. The van der Waals surface area contributed by atoms with Crippen molar-refractivity contribution < 1.29 is 4.79 Å². The molecule has 110 valence electrons. The third kappa shape index (κ3) is 4.73. The van der Waals surface area contributed by atoms with Crippen LogP contribution in [0.25, 0.3) is 0 Å². The molecule has 0 radical (unpaired) electrons. The second-order valence-electron chi connectivity index (χ2n) is 4.82. The predicted octanol–water partition coefficient (Wildman–Crippen LogP) is 4.66. The van der Waals surface area contributed by atoms with Crippen LogP contribution in [0.5, 0.6) is 0 Å². The third-order valence-corrected chi connectivity index (χ3v) is 3.58. The fourth-order valence-electron chi connectivity index (χ4n) is 2.05. The molecule has 1 aromatic carbocycles. The molecule has 0 unspecified atom stereocenters. The number of hydrogen-bond donors (Lipinski definition) is 1. The molecule has 0 aliphatic rings. The van der Waals surface area contributed by atoms with Gasteiger partial charge in [0.15, 0.2) is 5.15 Å². The van der Waals surface area contributed by atoms with Crippen molar-refractivity contribution >= 4 is 34.8 Å². The van der Waals surface area contributed by atoms with E-state index < -0.39 is 0 Å². The zero-order chi connectivity index (χ0) is 15.2. The van der Waals surface area contributed by atoms with Crippen LogP contribution in [0, 0.1) is 6.92 Å². The minimum Gasteiger partial charge on any atom is -0.323 e. The first kappa shape index (κ1) is 15.8. The van der Waals surface area contributed by atoms with Gasteiger partial charge >= 0.3 is 0 Å². The Morgan fingerprint density at radius 2 is 1.95 bits per heavy atom. The summed E-state index contributed by atoms with van der Waals surface area (Å²) < 4.78 is 0. The maximum absolute atomic E-state index is 12.0. The molecule has 0 spiro atoms. The first-order chi connectivity index (χ1) is 10.1. The summed E-state index contributed by atoms with van der Waals surface area (Å²) in [6.45, 7) is 1.83. The number of pyridine rings is 1. The van der Waals surface area contributed by atoms with Crippen molar-refractivity contribution in [2.75, 3.05) is 5.32 Å². The average molecular weight is 323 g/mol. The smallest absolute Gasteiger partial charge is 0.224 e. The molecule has 5 heteroatoms. The molecule has 0 bridgehead atoms. The van der Waals surface area contributed by atoms with Crippen LogP contribution >= 0.6 is 23.2 Å². The van der Waals surface area contributed by atoms with Gasteiger partial charge in [0.1, 0.15) is 5.15 Å². The van der Waals surface area contributed by atoms with E-state index in [9.17, 15) is 4.79 Å². The van der Waals surface area contributed by atoms with Gasteiger partial charge in [0.05, 0.1) is 5.69 Å². The lowest BCUT2D eigenvalue weighted by Crippen LogP contribution is -2.13. The highest BCUT2D eigenvalue weighted by Crippen LogP contribution is 2.26. The molecule has 1 N–H and O–H groups in total. The Bertz CT molecular complexity index is 606. The van der Waals surface area contributed by atoms with Crippen LogP contribution in [0.2, 0.25) is 10.3 Å². The molecule has 1 aromatic heterocycles. The van der Waals surface area contributed by atoms with E-state index in [1.165, 1.54) is 5.56 Å². The van der Waals surface area contributed by atoms with Gasteiger partial charge in [-0.1, -0.05) is 53.5 Å². The van der Waals surface area contributed by atoms with Gasteiger partial charge < -0.3 is 5.32 Å². The van der Waals surface area contributed by atoms with Crippen molar-refractivity contribution in [2.24, 2.45) is 0 Å². The van der Waals surface area contributed by atoms with Gasteiger partial charge in [0.25, 0.3) is 0 Å². The molecule has 1 heterocycles. The topological polar surface area (TPSA) is 42.0 Å². The standard InChI is InChI=1S/C16H16Cl2N2O/c1-11-10-13(17)19-16(18)15(11)20-14(21)9-5-8-12-6-3-2-4-7-12/h2-4,6-7,10H,5,8-9H2,1H3,(H,20,21). The van der Waals surface area contributed by atoms with E-state index in [4.69, 9.17) is 23.2 Å². The van der Waals surface area contributed by atoms with Gasteiger partial charge in [-0.25, -0.2) is 4.98 Å². The highest BCUT2D eigenvalue weighted by molar-refractivity contribution is 6.34. The largest absolute Gasteiger partial charge is 0.323 e. The molecule has 1 amide bonds. The van der Waals surface area contributed by atoms with Crippen LogP contribution in [0.4, 0.5) is 5.69 Å². The Morgan fingerprint density at radius 3 is 2.62 bits per heavy atom. The zero-order valence-electron chi connectivity index (χ0n) is 11.7. The van der Waals surface area contributed by atoms with E-state index in [1.807, 2.05) is 25.1 Å². The first-order valence-electron chi connectivity index (χ1n) is 6.72. The molecule has 2 rings (SSSR count). The fraction of sp³-hybridized carbons (Fsp3) is 0.250. The second kappa shape index (κ2) is 7.43. The summed E-state index contributed by atoms with van der Waals surface area (Å²) >= 11 is 11.8. The van der Waals surface area contributed by atoms with E-state index in [0.717, 1.165) is 18.4 Å². The number of aryl methyl sites for hydroxylation is 2. The lowest BCUT2D eigenvalue weighted by atomic mass is 10.1. The van der Waals surface area contributed by atoms with E-state index >= 15 is 0 Å². The zero-order valence-corrected chi connectivity index (χ0v) is 13.2. The van der Waals surface area contributed by atoms with Gasteiger partial charge in [-0.15, -0.1) is 0 Å². The maximum atomic E-state index is 12.0. The predicted molar refractivity (Wildman–Crippen MR) is 87.0 cm³/mol. The van der Waals surface area contributed by atoms with Gasteiger partial charge in [-0.05, 0) is 37.0 Å². The number of aromatic nitrogens is 1. The van der Waals surface area contributed by atoms with Crippen molar-refractivity contribution in [3.63, 3.8) is 0 Å². The average Bonchev–Trinajstić information content (AvgIpc) is 2.44. The Labute approximate surface area is 134 Å². The molecule has 0 saturated heterocycles. The molecule has 2 aromatic rings. The van der Waals surface area contributed by atoms with Gasteiger partial charge in [0, 0.05) is 6.42 Å². The van der Waals surface area contributed by atoms with Crippen LogP contribution in [-0.4, -0.2) is 10.9 Å². The normalized spacial score (nSPS) is 10.4. The van der Waals surface area contributed by atoms with Crippen LogP contribution in [0.1, 0.15) is 24.0 Å². The Kier molecular flexibility index (Phi) is 5.59. The summed E-state index contributed by atoms with van der Waals surface area (Å²) in [5, 5.41) is 3.34. The summed E-state index contributed by atoms with van der Waals surface area (Å²) in [7, 11) is 0. The van der Waals surface area contributed by atoms with Gasteiger partial charge in [-0.3, -0.25) is 4.79 Å². The molecule has 0 aliphatic heterocycles. The van der Waals surface area contributed by atoms with Crippen molar-refractivity contribution in [1.82, 2.24) is 4.98 Å². The number of carbonyl (C=O) groups excluding carboxylic acids is 1. The quantitative estimate of drug-likeness (QED) is 0.813. The molecule has 0 aliphatic carbocycles. The highest BCUT2D eigenvalue weighted by Gasteiger charge is 2.11. The molecule has 21 heavy (non-hydrogen) atoms. The SMILES string of the molecule is Cc1cc(Cl)nc(Cl)c1NC(=O)CCCc1ccccc1. The Morgan fingerprint density at radius 1 is 1.24 bits per heavy atom. The second-order valence-corrected chi connectivity index (χ2v) is 5.56. The lowest BCUT2D eigenvalue weighted by molar-refractivity contribution is -0.116. The minimum absolute atomic E-state index is 0.0694. The van der Waals surface area contributed by atoms with Crippen molar-refractivity contribution in [3.8, 4) is 0 Å². The number of halogens is 2. The summed E-state index contributed by atoms with van der Waals surface area (Å²) in [6.07, 6.45) is 2.10. The summed E-state index contributed by atoms with van der Waals surface area (Å²) in [5.41, 5.74) is 2.56. The summed E-state index contributed by atoms with van der Waals surface area (Å²) in [6, 6.07) is 11.8. The Balaban J connectivity index is 1.88. The van der Waals surface area contributed by atoms with Crippen LogP contribution in [0.15, 0.2) is 36.4 Å². The molecular weight excluding hydrogens is 307 g/mol. The highest BCUT2D eigenvalue weighted by atomic mass is 35.5. The minimum atomic E-state index is -0.0694. The fourth-order valence-corrected chi connectivity index (χ4v) is 2.62. The number of carbonyl (C=O) groups is 1. The van der Waals surface area contributed by atoms with E-state index in [1.54, 1.807) is 6.07 Å². The number of benzene rings is 1. The van der Waals surface area contributed by atoms with Crippen molar-refractivity contribution in [3.05, 3.63) is 57.8 Å². The summed E-state index contributed by atoms with van der Waals surface area (Å²) in [5.74, 6) is -0.0694. The van der Waals surface area contributed by atoms with Crippen LogP contribution in [-0.2, 0) is 11.2 Å². The molecule has 0 atom stereocenters. The third-order valence-electron chi connectivity index (χ3n) is 3.12. The number of nitrogens with zero attached hydrogens (tertiary/aromatic N) is 1. The van der Waals surface area contributed by atoms with Crippen molar-refractivity contribution in [1.29, 1.82) is 0 Å². The molecule has 0 fully saturated rings. The number of anilines is 1. The monoisotopic (exact) mass is 322 g/mol. The van der Waals surface area contributed by atoms with E-state index in [-0.39, 0.29) is 11.1 Å². The van der Waals surface area contributed by atoms with Gasteiger partial charge in [-0.2, -0.15) is 0 Å². The van der Waals surface area contributed by atoms with E-state index in [2.05, 4.69) is 22.4 Å². The molecule has 0 saturated carbocycles. The number of hydrogen-bond acceptors (Lipinski definition) is 2. The van der Waals surface area contributed by atoms with E-state index in [0.29, 0.717) is 17.3 Å². The van der Waals surface area contributed by atoms with Crippen LogP contribution < -0.4 is 5.32 Å². The van der Waals surface area contributed by atoms with Gasteiger partial charge in [0.2, 0.25) is 5.91 Å². The number of nitrogens with one attached hydrogen (secondary N) is 1. The Hall–Kier alpha value is -1.58. The molecule has 3 nitrogen and oxygen atoms in total. The number of rotatable bonds is 5. The number of amides is 1. The molecular formula is C16H16Cl2N2O. The lowest BCUT2D eigenvalue weighted by Gasteiger charge is -2.10. The van der Waals surface area contributed by atoms with Crippen molar-refractivity contribution in [2.45, 2.75) is 26.2 Å². The maximum Gasteiger partial charge on any atom is 0.224 e.